The van der Waals surface area contributed by atoms with Crippen molar-refractivity contribution in [3.05, 3.63) is 65.6 Å². The largest absolute Gasteiger partial charge is 0.573 e. The Bertz CT molecular complexity index is 1170. The first-order valence-corrected chi connectivity index (χ1v) is 10.0. The summed E-state index contributed by atoms with van der Waals surface area (Å²) in [6.07, 6.45) is -4.26. The molecule has 0 unspecified atom stereocenters. The molecule has 0 saturated carbocycles. The van der Waals surface area contributed by atoms with Crippen molar-refractivity contribution >= 4 is 5.91 Å². The summed E-state index contributed by atoms with van der Waals surface area (Å²) in [5, 5.41) is 2.83. The summed E-state index contributed by atoms with van der Waals surface area (Å²) in [7, 11) is 0. The molecule has 1 aliphatic heterocycles. The first-order valence-electron chi connectivity index (χ1n) is 10.0. The number of hydrogen-bond acceptors (Lipinski definition) is 3. The van der Waals surface area contributed by atoms with E-state index in [4.69, 9.17) is 5.73 Å². The van der Waals surface area contributed by atoms with Gasteiger partial charge < -0.3 is 20.4 Å². The van der Waals surface area contributed by atoms with Crippen LogP contribution in [-0.4, -0.2) is 29.9 Å². The standard InChI is InChI=1S/C23H21F4N3O2/c1-13-9-15(5-6-19(13)24)21-18(14-3-2-4-17(10-14)32-23(25,26)27)11-20-22(31)29-12-16(7-8-28)30(20)21/h2-6,9-11,16H,7-8,12,28H2,1H3,(H,29,31)/t16-/m0/s1. The van der Waals surface area contributed by atoms with Gasteiger partial charge in [-0.1, -0.05) is 12.1 Å². The Labute approximate surface area is 181 Å². The van der Waals surface area contributed by atoms with Crippen LogP contribution in [0.3, 0.4) is 0 Å². The number of carbonyl (C=O) groups excluding carboxylic acids is 1. The van der Waals surface area contributed by atoms with Crippen LogP contribution in [0.1, 0.15) is 28.5 Å². The van der Waals surface area contributed by atoms with Crippen molar-refractivity contribution in [3.8, 4) is 28.1 Å². The molecule has 4 rings (SSSR count). The number of alkyl halides is 3. The Morgan fingerprint density at radius 2 is 1.94 bits per heavy atom. The lowest BCUT2D eigenvalue weighted by molar-refractivity contribution is -0.274. The van der Waals surface area contributed by atoms with Crippen LogP contribution in [-0.2, 0) is 0 Å². The number of nitrogens with two attached hydrogens (primary N) is 1. The van der Waals surface area contributed by atoms with Crippen molar-refractivity contribution in [3.63, 3.8) is 0 Å². The van der Waals surface area contributed by atoms with E-state index in [1.807, 2.05) is 4.57 Å². The number of ether oxygens (including phenoxy) is 1. The molecule has 1 aromatic heterocycles. The second-order valence-corrected chi connectivity index (χ2v) is 7.64. The highest BCUT2D eigenvalue weighted by Gasteiger charge is 2.33. The summed E-state index contributed by atoms with van der Waals surface area (Å²) in [6.45, 7) is 2.37. The molecule has 0 saturated heterocycles. The van der Waals surface area contributed by atoms with Gasteiger partial charge in [-0.25, -0.2) is 4.39 Å². The zero-order valence-electron chi connectivity index (χ0n) is 17.2. The van der Waals surface area contributed by atoms with Crippen LogP contribution in [0.4, 0.5) is 17.6 Å². The highest BCUT2D eigenvalue weighted by molar-refractivity contribution is 5.98. The third-order valence-electron chi connectivity index (χ3n) is 5.44. The second-order valence-electron chi connectivity index (χ2n) is 7.64. The van der Waals surface area contributed by atoms with Gasteiger partial charge in [0.25, 0.3) is 5.91 Å². The maximum absolute atomic E-state index is 14.0. The van der Waals surface area contributed by atoms with Gasteiger partial charge in [0.2, 0.25) is 0 Å². The van der Waals surface area contributed by atoms with E-state index in [2.05, 4.69) is 10.1 Å². The number of aromatic nitrogens is 1. The fourth-order valence-corrected chi connectivity index (χ4v) is 4.06. The number of halogens is 4. The molecular weight excluding hydrogens is 426 g/mol. The highest BCUT2D eigenvalue weighted by Crippen LogP contribution is 2.41. The number of nitrogens with one attached hydrogen (secondary N) is 1. The van der Waals surface area contributed by atoms with Crippen molar-refractivity contribution in [1.82, 2.24) is 9.88 Å². The molecule has 5 nitrogen and oxygen atoms in total. The van der Waals surface area contributed by atoms with Crippen molar-refractivity contribution in [1.29, 1.82) is 0 Å². The van der Waals surface area contributed by atoms with Crippen molar-refractivity contribution in [2.75, 3.05) is 13.1 Å². The summed E-state index contributed by atoms with van der Waals surface area (Å²) in [5.41, 5.74) is 8.79. The van der Waals surface area contributed by atoms with E-state index in [1.165, 1.54) is 24.3 Å². The molecule has 1 aliphatic rings. The maximum Gasteiger partial charge on any atom is 0.573 e. The SMILES string of the molecule is Cc1cc(-c2c(-c3cccc(OC(F)(F)F)c3)cc3n2[C@@H](CCN)CNC3=O)ccc1F. The van der Waals surface area contributed by atoms with Gasteiger partial charge in [0.1, 0.15) is 17.3 Å². The number of amides is 1. The number of aryl methyl sites for hydroxylation is 1. The summed E-state index contributed by atoms with van der Waals surface area (Å²) in [4.78, 5) is 12.6. The lowest BCUT2D eigenvalue weighted by Crippen LogP contribution is -2.39. The van der Waals surface area contributed by atoms with Crippen LogP contribution < -0.4 is 15.8 Å². The molecule has 32 heavy (non-hydrogen) atoms. The molecule has 0 spiro atoms. The predicted molar refractivity (Wildman–Crippen MR) is 112 cm³/mol. The molecule has 1 amide bonds. The Morgan fingerprint density at radius 3 is 2.62 bits per heavy atom. The van der Waals surface area contributed by atoms with Gasteiger partial charge in [-0.2, -0.15) is 0 Å². The second kappa shape index (κ2) is 8.31. The van der Waals surface area contributed by atoms with E-state index in [1.54, 1.807) is 31.2 Å². The Morgan fingerprint density at radius 1 is 1.16 bits per heavy atom. The topological polar surface area (TPSA) is 69.3 Å². The number of benzene rings is 2. The molecule has 9 heteroatoms. The number of fused-ring (bicyclic) bond motifs is 1. The lowest BCUT2D eigenvalue weighted by Gasteiger charge is -2.28. The van der Waals surface area contributed by atoms with Crippen LogP contribution >= 0.6 is 0 Å². The van der Waals surface area contributed by atoms with Gasteiger partial charge in [0.15, 0.2) is 0 Å². The predicted octanol–water partition coefficient (Wildman–Crippen LogP) is 4.80. The molecule has 1 atom stereocenters. The molecule has 3 aromatic rings. The van der Waals surface area contributed by atoms with Gasteiger partial charge in [-0.3, -0.25) is 4.79 Å². The van der Waals surface area contributed by atoms with E-state index in [0.29, 0.717) is 53.2 Å². The van der Waals surface area contributed by atoms with Crippen molar-refractivity contribution in [2.45, 2.75) is 25.7 Å². The average Bonchev–Trinajstić information content (AvgIpc) is 3.13. The Balaban J connectivity index is 1.95. The molecule has 0 bridgehead atoms. The molecule has 2 aromatic carbocycles. The zero-order chi connectivity index (χ0) is 23.0. The fraction of sp³-hybridized carbons (Fsp3) is 0.261. The van der Waals surface area contributed by atoms with Gasteiger partial charge in [-0.05, 0) is 73.0 Å². The Kier molecular flexibility index (Phi) is 5.68. The summed E-state index contributed by atoms with van der Waals surface area (Å²) >= 11 is 0. The molecular formula is C23H21F4N3O2. The smallest absolute Gasteiger partial charge is 0.406 e. The van der Waals surface area contributed by atoms with Crippen LogP contribution in [0, 0.1) is 12.7 Å². The minimum atomic E-state index is -4.83. The van der Waals surface area contributed by atoms with Crippen molar-refractivity contribution < 1.29 is 27.1 Å². The Hall–Kier alpha value is -3.33. The van der Waals surface area contributed by atoms with E-state index in [0.717, 1.165) is 0 Å². The molecule has 3 N–H and O–H groups in total. The van der Waals surface area contributed by atoms with Crippen LogP contribution in [0.5, 0.6) is 5.75 Å². The van der Waals surface area contributed by atoms with Gasteiger partial charge in [-0.15, -0.1) is 13.2 Å². The normalized spacial score (nSPS) is 15.9. The third-order valence-corrected chi connectivity index (χ3v) is 5.44. The first-order chi connectivity index (χ1) is 15.2. The van der Waals surface area contributed by atoms with Crippen LogP contribution in [0.15, 0.2) is 48.5 Å². The summed E-state index contributed by atoms with van der Waals surface area (Å²) in [6, 6.07) is 11.6. The average molecular weight is 447 g/mol. The molecule has 0 radical (unpaired) electrons. The number of rotatable bonds is 5. The van der Waals surface area contributed by atoms with Gasteiger partial charge in [0, 0.05) is 12.1 Å². The minimum absolute atomic E-state index is 0.156. The molecule has 168 valence electrons. The molecule has 0 aliphatic carbocycles. The highest BCUT2D eigenvalue weighted by atomic mass is 19.4. The number of nitrogens with zero attached hydrogens (tertiary/aromatic N) is 1. The van der Waals surface area contributed by atoms with E-state index in [-0.39, 0.29) is 23.5 Å². The van der Waals surface area contributed by atoms with E-state index in [9.17, 15) is 22.4 Å². The van der Waals surface area contributed by atoms with Crippen LogP contribution in [0.2, 0.25) is 0 Å². The van der Waals surface area contributed by atoms with E-state index < -0.39 is 6.36 Å². The van der Waals surface area contributed by atoms with E-state index >= 15 is 0 Å². The number of carbonyl (C=O) groups is 1. The monoisotopic (exact) mass is 447 g/mol. The maximum atomic E-state index is 14.0. The molecule has 2 heterocycles. The summed E-state index contributed by atoms with van der Waals surface area (Å²) < 4.78 is 58.1. The third kappa shape index (κ3) is 4.20. The first kappa shape index (κ1) is 21.9. The lowest BCUT2D eigenvalue weighted by atomic mass is 9.99. The zero-order valence-corrected chi connectivity index (χ0v) is 17.2. The van der Waals surface area contributed by atoms with Gasteiger partial charge in [0.05, 0.1) is 11.7 Å². The quantitative estimate of drug-likeness (QED) is 0.552. The van der Waals surface area contributed by atoms with Crippen LogP contribution in [0.25, 0.3) is 22.4 Å². The van der Waals surface area contributed by atoms with Gasteiger partial charge >= 0.3 is 6.36 Å². The fourth-order valence-electron chi connectivity index (χ4n) is 4.06. The molecule has 0 fully saturated rings. The van der Waals surface area contributed by atoms with Crippen molar-refractivity contribution in [2.24, 2.45) is 5.73 Å². The summed E-state index contributed by atoms with van der Waals surface area (Å²) in [5.74, 6) is -1.05. The minimum Gasteiger partial charge on any atom is -0.406 e. The number of hydrogen-bond donors (Lipinski definition) is 2.